The molecule has 0 aromatic heterocycles. The molecule has 1 heterocycles. The zero-order valence-corrected chi connectivity index (χ0v) is 12.4. The molecule has 1 unspecified atom stereocenters. The van der Waals surface area contributed by atoms with Crippen molar-refractivity contribution in [2.45, 2.75) is 38.3 Å². The van der Waals surface area contributed by atoms with Gasteiger partial charge in [-0.1, -0.05) is 18.2 Å². The van der Waals surface area contributed by atoms with Crippen molar-refractivity contribution in [3.05, 3.63) is 30.3 Å². The van der Waals surface area contributed by atoms with E-state index in [1.807, 2.05) is 0 Å². The fourth-order valence-electron chi connectivity index (χ4n) is 2.48. The van der Waals surface area contributed by atoms with E-state index in [-0.39, 0.29) is 5.60 Å². The lowest BCUT2D eigenvalue weighted by atomic mass is 10.1. The average Bonchev–Trinajstić information content (AvgIpc) is 2.88. The maximum absolute atomic E-state index is 5.44. The molecule has 0 spiro atoms. The Hall–Kier alpha value is -1.06. The second-order valence-electron chi connectivity index (χ2n) is 5.94. The zero-order chi connectivity index (χ0) is 13.7. The standard InChI is InChI=1S/C16H26N2O/c1-16(2,19-3)10-11-17-14-9-12-18(13-14)15-7-5-4-6-8-15/h4-8,14,17H,9-13H2,1-3H3. The van der Waals surface area contributed by atoms with Crippen LogP contribution in [0.3, 0.4) is 0 Å². The predicted octanol–water partition coefficient (Wildman–Crippen LogP) is 2.67. The number of hydrogen-bond acceptors (Lipinski definition) is 3. The highest BCUT2D eigenvalue weighted by Gasteiger charge is 2.23. The van der Waals surface area contributed by atoms with Gasteiger partial charge in [-0.15, -0.1) is 0 Å². The highest BCUT2D eigenvalue weighted by Crippen LogP contribution is 2.20. The molecule has 19 heavy (non-hydrogen) atoms. The summed E-state index contributed by atoms with van der Waals surface area (Å²) >= 11 is 0. The molecule has 1 N–H and O–H groups in total. The predicted molar refractivity (Wildman–Crippen MR) is 80.8 cm³/mol. The molecule has 3 heteroatoms. The summed E-state index contributed by atoms with van der Waals surface area (Å²) in [4.78, 5) is 2.46. The number of nitrogens with zero attached hydrogens (tertiary/aromatic N) is 1. The van der Waals surface area contributed by atoms with Crippen molar-refractivity contribution in [3.8, 4) is 0 Å². The first-order chi connectivity index (χ1) is 9.11. The van der Waals surface area contributed by atoms with E-state index in [2.05, 4.69) is 54.4 Å². The van der Waals surface area contributed by atoms with Gasteiger partial charge in [0, 0.05) is 31.9 Å². The van der Waals surface area contributed by atoms with Gasteiger partial charge >= 0.3 is 0 Å². The Bertz CT molecular complexity index is 378. The Kier molecular flexibility index (Phi) is 4.83. The number of rotatable bonds is 6. The summed E-state index contributed by atoms with van der Waals surface area (Å²) in [5, 5.41) is 3.65. The zero-order valence-electron chi connectivity index (χ0n) is 12.4. The summed E-state index contributed by atoms with van der Waals surface area (Å²) in [5.41, 5.74) is 1.31. The Labute approximate surface area is 116 Å². The van der Waals surface area contributed by atoms with Crippen molar-refractivity contribution in [2.75, 3.05) is 31.6 Å². The Morgan fingerprint density at radius 1 is 1.32 bits per heavy atom. The molecule has 1 aliphatic rings. The molecule has 106 valence electrons. The molecule has 1 atom stereocenters. The van der Waals surface area contributed by atoms with Gasteiger partial charge in [0.2, 0.25) is 0 Å². The van der Waals surface area contributed by atoms with Crippen LogP contribution in [0.1, 0.15) is 26.7 Å². The minimum absolute atomic E-state index is 0.0231. The van der Waals surface area contributed by atoms with Crippen LogP contribution in [-0.2, 0) is 4.74 Å². The molecule has 0 saturated carbocycles. The number of hydrogen-bond donors (Lipinski definition) is 1. The summed E-state index contributed by atoms with van der Waals surface area (Å²) in [7, 11) is 1.78. The third-order valence-electron chi connectivity index (χ3n) is 4.02. The van der Waals surface area contributed by atoms with Crippen LogP contribution in [0.25, 0.3) is 0 Å². The van der Waals surface area contributed by atoms with Crippen LogP contribution >= 0.6 is 0 Å². The number of nitrogens with one attached hydrogen (secondary N) is 1. The first-order valence-electron chi connectivity index (χ1n) is 7.19. The van der Waals surface area contributed by atoms with Gasteiger partial charge in [0.05, 0.1) is 5.60 Å². The second kappa shape index (κ2) is 6.40. The molecule has 2 rings (SSSR count). The van der Waals surface area contributed by atoms with E-state index in [4.69, 9.17) is 4.74 Å². The molecule has 0 bridgehead atoms. The maximum atomic E-state index is 5.44. The van der Waals surface area contributed by atoms with Crippen molar-refractivity contribution in [1.29, 1.82) is 0 Å². The lowest BCUT2D eigenvalue weighted by Crippen LogP contribution is -2.36. The van der Waals surface area contributed by atoms with Crippen LogP contribution in [-0.4, -0.2) is 38.4 Å². The van der Waals surface area contributed by atoms with E-state index in [1.165, 1.54) is 12.1 Å². The monoisotopic (exact) mass is 262 g/mol. The number of ether oxygens (including phenoxy) is 1. The largest absolute Gasteiger partial charge is 0.379 e. The van der Waals surface area contributed by atoms with Crippen LogP contribution in [0.15, 0.2) is 30.3 Å². The summed E-state index contributed by atoms with van der Waals surface area (Å²) in [6, 6.07) is 11.3. The quantitative estimate of drug-likeness (QED) is 0.853. The van der Waals surface area contributed by atoms with Crippen LogP contribution in [0.2, 0.25) is 0 Å². The Morgan fingerprint density at radius 2 is 2.05 bits per heavy atom. The van der Waals surface area contributed by atoms with Gasteiger partial charge in [-0.2, -0.15) is 0 Å². The Balaban J connectivity index is 1.74. The number of methoxy groups -OCH3 is 1. The number of para-hydroxylation sites is 1. The molecule has 0 radical (unpaired) electrons. The lowest BCUT2D eigenvalue weighted by molar-refractivity contribution is 0.0155. The third kappa shape index (κ3) is 4.22. The van der Waals surface area contributed by atoms with Crippen molar-refractivity contribution in [2.24, 2.45) is 0 Å². The first-order valence-corrected chi connectivity index (χ1v) is 7.19. The number of anilines is 1. The van der Waals surface area contributed by atoms with Gasteiger partial charge in [-0.3, -0.25) is 0 Å². The highest BCUT2D eigenvalue weighted by molar-refractivity contribution is 5.47. The summed E-state index contributed by atoms with van der Waals surface area (Å²) in [6.45, 7) is 7.56. The van der Waals surface area contributed by atoms with E-state index in [1.54, 1.807) is 7.11 Å². The van der Waals surface area contributed by atoms with Crippen LogP contribution in [0.5, 0.6) is 0 Å². The number of benzene rings is 1. The second-order valence-corrected chi connectivity index (χ2v) is 5.94. The van der Waals surface area contributed by atoms with Gasteiger partial charge in [0.15, 0.2) is 0 Å². The minimum Gasteiger partial charge on any atom is -0.379 e. The van der Waals surface area contributed by atoms with E-state index in [0.29, 0.717) is 6.04 Å². The molecule has 0 amide bonds. The van der Waals surface area contributed by atoms with Gasteiger partial charge in [-0.05, 0) is 45.4 Å². The SMILES string of the molecule is COC(C)(C)CCNC1CCN(c2ccccc2)C1. The van der Waals surface area contributed by atoms with E-state index in [0.717, 1.165) is 26.1 Å². The molecule has 1 saturated heterocycles. The fourth-order valence-corrected chi connectivity index (χ4v) is 2.48. The lowest BCUT2D eigenvalue weighted by Gasteiger charge is -2.24. The van der Waals surface area contributed by atoms with Crippen molar-refractivity contribution in [3.63, 3.8) is 0 Å². The summed E-state index contributed by atoms with van der Waals surface area (Å²) in [6.07, 6.45) is 2.27. The summed E-state index contributed by atoms with van der Waals surface area (Å²) < 4.78 is 5.44. The molecule has 1 aromatic carbocycles. The molecule has 3 nitrogen and oxygen atoms in total. The van der Waals surface area contributed by atoms with Gasteiger partial charge in [-0.25, -0.2) is 0 Å². The Morgan fingerprint density at radius 3 is 2.74 bits per heavy atom. The van der Waals surface area contributed by atoms with Crippen LogP contribution in [0.4, 0.5) is 5.69 Å². The van der Waals surface area contributed by atoms with E-state index >= 15 is 0 Å². The molecule has 1 aliphatic heterocycles. The topological polar surface area (TPSA) is 24.5 Å². The first kappa shape index (κ1) is 14.4. The van der Waals surface area contributed by atoms with Crippen molar-refractivity contribution in [1.82, 2.24) is 5.32 Å². The maximum Gasteiger partial charge on any atom is 0.0634 e. The minimum atomic E-state index is -0.0231. The van der Waals surface area contributed by atoms with Gasteiger partial charge in [0.1, 0.15) is 0 Å². The summed E-state index contributed by atoms with van der Waals surface area (Å²) in [5.74, 6) is 0. The van der Waals surface area contributed by atoms with Crippen LogP contribution in [0, 0.1) is 0 Å². The van der Waals surface area contributed by atoms with Gasteiger partial charge < -0.3 is 15.0 Å². The molecule has 1 aromatic rings. The highest BCUT2D eigenvalue weighted by atomic mass is 16.5. The smallest absolute Gasteiger partial charge is 0.0634 e. The average molecular weight is 262 g/mol. The fraction of sp³-hybridized carbons (Fsp3) is 0.625. The molecule has 0 aliphatic carbocycles. The third-order valence-corrected chi connectivity index (χ3v) is 4.02. The van der Waals surface area contributed by atoms with E-state index < -0.39 is 0 Å². The normalized spacial score (nSPS) is 19.9. The van der Waals surface area contributed by atoms with Gasteiger partial charge in [0.25, 0.3) is 0 Å². The molecular weight excluding hydrogens is 236 g/mol. The van der Waals surface area contributed by atoms with E-state index in [9.17, 15) is 0 Å². The van der Waals surface area contributed by atoms with Crippen LogP contribution < -0.4 is 10.2 Å². The molecular formula is C16H26N2O. The van der Waals surface area contributed by atoms with Crippen molar-refractivity contribution >= 4 is 5.69 Å². The van der Waals surface area contributed by atoms with Crippen molar-refractivity contribution < 1.29 is 4.74 Å². The molecule has 1 fully saturated rings.